The van der Waals surface area contributed by atoms with Crippen LogP contribution in [0.2, 0.25) is 0 Å². The van der Waals surface area contributed by atoms with Crippen LogP contribution in [0.25, 0.3) is 10.9 Å². The maximum atomic E-state index is 10.8. The Balaban J connectivity index is 0.00000128. The number of benzene rings is 1. The molecule has 0 fully saturated rings. The van der Waals surface area contributed by atoms with E-state index in [0.29, 0.717) is 17.0 Å². The van der Waals surface area contributed by atoms with Crippen molar-refractivity contribution >= 4 is 35.0 Å². The van der Waals surface area contributed by atoms with Gasteiger partial charge >= 0.3 is 5.97 Å². The van der Waals surface area contributed by atoms with Gasteiger partial charge in [-0.1, -0.05) is 0 Å². The molecular weight excluding hydrogens is 232 g/mol. The van der Waals surface area contributed by atoms with Gasteiger partial charge in [0.25, 0.3) is 0 Å². The molecule has 2 aromatic rings. The van der Waals surface area contributed by atoms with E-state index in [0.717, 1.165) is 5.39 Å². The fourth-order valence-corrected chi connectivity index (χ4v) is 1.51. The van der Waals surface area contributed by atoms with Crippen molar-refractivity contribution in [1.29, 1.82) is 0 Å². The largest absolute Gasteiger partial charge is 0.494 e. The first kappa shape index (κ1) is 12.2. The van der Waals surface area contributed by atoms with E-state index < -0.39 is 5.97 Å². The lowest BCUT2D eigenvalue weighted by atomic mass is 10.2. The van der Waals surface area contributed by atoms with Gasteiger partial charge in [0.1, 0.15) is 11.4 Å². The predicted octanol–water partition coefficient (Wildman–Crippen LogP) is 1.88. The van der Waals surface area contributed by atoms with Crippen molar-refractivity contribution in [2.24, 2.45) is 0 Å². The minimum atomic E-state index is -1.01. The number of aromatic amines is 1. The highest BCUT2D eigenvalue weighted by Crippen LogP contribution is 2.28. The van der Waals surface area contributed by atoms with Crippen molar-refractivity contribution in [2.75, 3.05) is 12.8 Å². The van der Waals surface area contributed by atoms with Crippen molar-refractivity contribution < 1.29 is 14.6 Å². The van der Waals surface area contributed by atoms with E-state index in [-0.39, 0.29) is 18.1 Å². The van der Waals surface area contributed by atoms with Gasteiger partial charge in [-0.3, -0.25) is 0 Å². The van der Waals surface area contributed by atoms with Gasteiger partial charge in [-0.05, 0) is 12.1 Å². The van der Waals surface area contributed by atoms with Crippen LogP contribution in [0.4, 0.5) is 5.69 Å². The summed E-state index contributed by atoms with van der Waals surface area (Å²) >= 11 is 0. The van der Waals surface area contributed by atoms with Gasteiger partial charge in [0, 0.05) is 17.1 Å². The summed E-state index contributed by atoms with van der Waals surface area (Å²) in [4.78, 5) is 13.5. The molecule has 0 unspecified atom stereocenters. The molecule has 86 valence electrons. The van der Waals surface area contributed by atoms with Gasteiger partial charge in [-0.15, -0.1) is 12.4 Å². The molecule has 0 spiro atoms. The van der Waals surface area contributed by atoms with Crippen LogP contribution < -0.4 is 10.5 Å². The third-order valence-corrected chi connectivity index (χ3v) is 2.16. The second-order valence-electron chi connectivity index (χ2n) is 3.18. The quantitative estimate of drug-likeness (QED) is 0.702. The van der Waals surface area contributed by atoms with Gasteiger partial charge in [-0.2, -0.15) is 0 Å². The zero-order chi connectivity index (χ0) is 11.0. The Morgan fingerprint density at radius 2 is 2.12 bits per heavy atom. The van der Waals surface area contributed by atoms with Gasteiger partial charge in [0.15, 0.2) is 0 Å². The molecule has 0 atom stereocenters. The minimum Gasteiger partial charge on any atom is -0.494 e. The van der Waals surface area contributed by atoms with E-state index >= 15 is 0 Å². The first-order valence-corrected chi connectivity index (χ1v) is 4.31. The monoisotopic (exact) mass is 242 g/mol. The molecule has 4 N–H and O–H groups in total. The van der Waals surface area contributed by atoms with Gasteiger partial charge in [0.2, 0.25) is 0 Å². The Kier molecular flexibility index (Phi) is 3.29. The van der Waals surface area contributed by atoms with Crippen LogP contribution in [0, 0.1) is 0 Å². The van der Waals surface area contributed by atoms with Crippen LogP contribution in [-0.2, 0) is 0 Å². The number of carbonyl (C=O) groups is 1. The average molecular weight is 243 g/mol. The standard InChI is InChI=1S/C10H10N2O3.ClH/c1-15-8-4-6(11)2-5-3-7(10(13)14)12-9(5)8;/h2-4,12H,11H2,1H3,(H,13,14);1H. The summed E-state index contributed by atoms with van der Waals surface area (Å²) in [5.41, 5.74) is 6.94. The van der Waals surface area contributed by atoms with Crippen molar-refractivity contribution in [2.45, 2.75) is 0 Å². The number of halogens is 1. The van der Waals surface area contributed by atoms with Crippen LogP contribution >= 0.6 is 12.4 Å². The topological polar surface area (TPSA) is 88.3 Å². The SMILES string of the molecule is COc1cc(N)cc2cc(C(=O)O)[nH]c12.Cl. The second-order valence-corrected chi connectivity index (χ2v) is 3.18. The molecule has 0 saturated heterocycles. The molecule has 5 nitrogen and oxygen atoms in total. The first-order valence-electron chi connectivity index (χ1n) is 4.31. The van der Waals surface area contributed by atoms with Crippen molar-refractivity contribution in [3.8, 4) is 5.75 Å². The van der Waals surface area contributed by atoms with Crippen molar-refractivity contribution in [3.05, 3.63) is 23.9 Å². The van der Waals surface area contributed by atoms with E-state index in [1.54, 1.807) is 12.1 Å². The summed E-state index contributed by atoms with van der Waals surface area (Å²) in [5.74, 6) is -0.468. The van der Waals surface area contributed by atoms with Crippen LogP contribution in [0.15, 0.2) is 18.2 Å². The highest BCUT2D eigenvalue weighted by atomic mass is 35.5. The third-order valence-electron chi connectivity index (χ3n) is 2.16. The first-order chi connectivity index (χ1) is 7.11. The van der Waals surface area contributed by atoms with Crippen LogP contribution in [0.5, 0.6) is 5.75 Å². The highest BCUT2D eigenvalue weighted by molar-refractivity contribution is 5.97. The van der Waals surface area contributed by atoms with E-state index in [2.05, 4.69) is 4.98 Å². The zero-order valence-corrected chi connectivity index (χ0v) is 9.30. The molecule has 0 radical (unpaired) electrons. The lowest BCUT2D eigenvalue weighted by Crippen LogP contribution is -1.95. The predicted molar refractivity (Wildman–Crippen MR) is 63.5 cm³/mol. The number of carboxylic acids is 1. The van der Waals surface area contributed by atoms with E-state index in [4.69, 9.17) is 15.6 Å². The number of nitrogen functional groups attached to an aromatic ring is 1. The summed E-state index contributed by atoms with van der Waals surface area (Å²) in [6.45, 7) is 0. The van der Waals surface area contributed by atoms with Gasteiger partial charge in [-0.25, -0.2) is 4.79 Å². The number of H-pyrrole nitrogens is 1. The number of aromatic nitrogens is 1. The molecule has 1 heterocycles. The van der Waals surface area contributed by atoms with Gasteiger partial charge < -0.3 is 20.6 Å². The normalized spacial score (nSPS) is 9.81. The van der Waals surface area contributed by atoms with Gasteiger partial charge in [0.05, 0.1) is 12.6 Å². The van der Waals surface area contributed by atoms with E-state index in [1.165, 1.54) is 13.2 Å². The number of ether oxygens (including phenoxy) is 1. The summed E-state index contributed by atoms with van der Waals surface area (Å²) in [6.07, 6.45) is 0. The summed E-state index contributed by atoms with van der Waals surface area (Å²) in [6, 6.07) is 4.86. The Morgan fingerprint density at radius 1 is 1.44 bits per heavy atom. The molecule has 0 aliphatic rings. The summed E-state index contributed by atoms with van der Waals surface area (Å²) in [5, 5.41) is 9.54. The molecule has 0 aliphatic carbocycles. The number of hydrogen-bond donors (Lipinski definition) is 3. The molecular formula is C10H11ClN2O3. The zero-order valence-electron chi connectivity index (χ0n) is 8.48. The smallest absolute Gasteiger partial charge is 0.352 e. The van der Waals surface area contributed by atoms with E-state index in [1.807, 2.05) is 0 Å². The van der Waals surface area contributed by atoms with Crippen LogP contribution in [0.1, 0.15) is 10.5 Å². The maximum Gasteiger partial charge on any atom is 0.352 e. The van der Waals surface area contributed by atoms with E-state index in [9.17, 15) is 4.79 Å². The number of fused-ring (bicyclic) bond motifs is 1. The molecule has 1 aromatic heterocycles. The highest BCUT2D eigenvalue weighted by Gasteiger charge is 2.11. The fourth-order valence-electron chi connectivity index (χ4n) is 1.51. The fraction of sp³-hybridized carbons (Fsp3) is 0.100. The molecule has 0 amide bonds. The Bertz CT molecular complexity index is 536. The summed E-state index contributed by atoms with van der Waals surface area (Å²) < 4.78 is 5.10. The molecule has 0 aliphatic heterocycles. The number of methoxy groups -OCH3 is 1. The maximum absolute atomic E-state index is 10.8. The third kappa shape index (κ3) is 1.90. The number of nitrogens with two attached hydrogens (primary N) is 1. The molecule has 1 aromatic carbocycles. The van der Waals surface area contributed by atoms with Crippen molar-refractivity contribution in [1.82, 2.24) is 4.98 Å². The minimum absolute atomic E-state index is 0. The summed E-state index contributed by atoms with van der Waals surface area (Å²) in [7, 11) is 1.51. The number of carboxylic acid groups (broad SMARTS) is 1. The molecule has 0 bridgehead atoms. The number of hydrogen-bond acceptors (Lipinski definition) is 3. The number of aromatic carboxylic acids is 1. The Labute approximate surface area is 97.6 Å². The number of anilines is 1. The van der Waals surface area contributed by atoms with Crippen LogP contribution in [-0.4, -0.2) is 23.2 Å². The Morgan fingerprint density at radius 3 is 2.69 bits per heavy atom. The molecule has 6 heteroatoms. The number of nitrogens with one attached hydrogen (secondary N) is 1. The number of rotatable bonds is 2. The Hall–Kier alpha value is -1.88. The lowest BCUT2D eigenvalue weighted by molar-refractivity contribution is 0.0691. The lowest BCUT2D eigenvalue weighted by Gasteiger charge is -2.02. The van der Waals surface area contributed by atoms with Crippen molar-refractivity contribution in [3.63, 3.8) is 0 Å². The molecule has 2 rings (SSSR count). The second kappa shape index (κ2) is 4.32. The van der Waals surface area contributed by atoms with Crippen LogP contribution in [0.3, 0.4) is 0 Å². The molecule has 0 saturated carbocycles. The molecule has 16 heavy (non-hydrogen) atoms. The average Bonchev–Trinajstić information content (AvgIpc) is 2.59.